The van der Waals surface area contributed by atoms with Crippen molar-refractivity contribution in [3.8, 4) is 11.5 Å². The molecule has 3 rings (SSSR count). The summed E-state index contributed by atoms with van der Waals surface area (Å²) in [6, 6.07) is 18.1. The summed E-state index contributed by atoms with van der Waals surface area (Å²) in [7, 11) is 1.67. The number of amides is 1. The molecule has 3 aromatic rings. The van der Waals surface area contributed by atoms with Gasteiger partial charge in [-0.05, 0) is 59.9 Å². The molecule has 222 valence electrons. The van der Waals surface area contributed by atoms with Gasteiger partial charge in [-0.2, -0.15) is 0 Å². The summed E-state index contributed by atoms with van der Waals surface area (Å²) >= 11 is 0. The van der Waals surface area contributed by atoms with Gasteiger partial charge in [0.15, 0.2) is 11.5 Å². The largest absolute Gasteiger partial charge is 0.493 e. The summed E-state index contributed by atoms with van der Waals surface area (Å²) in [6.45, 7) is 5.03. The fourth-order valence-corrected chi connectivity index (χ4v) is 5.19. The lowest BCUT2D eigenvalue weighted by molar-refractivity contribution is -0.116. The molecular weight excluding hydrogens is 508 g/mol. The van der Waals surface area contributed by atoms with Crippen LogP contribution in [0.4, 0.5) is 5.69 Å². The van der Waals surface area contributed by atoms with E-state index in [0.717, 1.165) is 41.0 Å². The second-order valence-corrected chi connectivity index (χ2v) is 11.0. The number of pyridine rings is 1. The van der Waals surface area contributed by atoms with E-state index in [2.05, 4.69) is 30.1 Å². The van der Waals surface area contributed by atoms with Crippen molar-refractivity contribution in [2.75, 3.05) is 18.6 Å². The van der Waals surface area contributed by atoms with Gasteiger partial charge >= 0.3 is 0 Å². The van der Waals surface area contributed by atoms with Crippen molar-refractivity contribution in [3.05, 3.63) is 83.7 Å². The molecule has 41 heavy (non-hydrogen) atoms. The van der Waals surface area contributed by atoms with Gasteiger partial charge in [-0.15, -0.1) is 0 Å². The Labute approximate surface area is 248 Å². The first kappa shape index (κ1) is 32.2. The van der Waals surface area contributed by atoms with Gasteiger partial charge in [-0.25, -0.2) is 0 Å². The molecule has 0 radical (unpaired) electrons. The highest BCUT2D eigenvalue weighted by atomic mass is 16.5. The monoisotopic (exact) mass is 558 g/mol. The highest BCUT2D eigenvalue weighted by Crippen LogP contribution is 2.30. The van der Waals surface area contributed by atoms with E-state index >= 15 is 0 Å². The van der Waals surface area contributed by atoms with Gasteiger partial charge in [0.05, 0.1) is 20.3 Å². The average molecular weight is 559 g/mol. The summed E-state index contributed by atoms with van der Waals surface area (Å²) in [5.74, 6) is 1.46. The second kappa shape index (κ2) is 18.9. The maximum absolute atomic E-state index is 12.6. The third-order valence-corrected chi connectivity index (χ3v) is 7.56. The van der Waals surface area contributed by atoms with Crippen LogP contribution in [0.5, 0.6) is 11.5 Å². The topological polar surface area (TPSA) is 51.7 Å². The number of aromatic nitrogens is 1. The molecule has 0 unspecified atom stereocenters. The smallest absolute Gasteiger partial charge is 0.224 e. The third kappa shape index (κ3) is 12.0. The standard InChI is InChI=1S/C36H50N2O3/c1-4-5-6-7-8-9-10-11-12-13-14-15-24-41-35-22-21-33(27-36(35)40-3)29-38(30(2)39)34-20-16-18-31(26-34)25-32-19-17-23-37-28-32/h16-23,26-28H,4-15,24-25,29H2,1-3H3. The Morgan fingerprint density at radius 3 is 2.07 bits per heavy atom. The van der Waals surface area contributed by atoms with Gasteiger partial charge in [0.2, 0.25) is 5.91 Å². The van der Waals surface area contributed by atoms with Crippen LogP contribution < -0.4 is 14.4 Å². The molecule has 0 N–H and O–H groups in total. The molecule has 0 spiro atoms. The van der Waals surface area contributed by atoms with Crippen LogP contribution in [0.25, 0.3) is 0 Å². The molecule has 5 nitrogen and oxygen atoms in total. The van der Waals surface area contributed by atoms with E-state index < -0.39 is 0 Å². The lowest BCUT2D eigenvalue weighted by Crippen LogP contribution is -2.27. The predicted octanol–water partition coefficient (Wildman–Crippen LogP) is 9.31. The van der Waals surface area contributed by atoms with Gasteiger partial charge in [-0.3, -0.25) is 9.78 Å². The molecule has 0 aliphatic carbocycles. The van der Waals surface area contributed by atoms with E-state index in [0.29, 0.717) is 18.9 Å². The quantitative estimate of drug-likeness (QED) is 0.130. The molecule has 0 saturated heterocycles. The Kier molecular flexibility index (Phi) is 14.8. The second-order valence-electron chi connectivity index (χ2n) is 11.0. The van der Waals surface area contributed by atoms with Crippen molar-refractivity contribution >= 4 is 11.6 Å². The van der Waals surface area contributed by atoms with Crippen molar-refractivity contribution < 1.29 is 14.3 Å². The van der Waals surface area contributed by atoms with Crippen LogP contribution >= 0.6 is 0 Å². The third-order valence-electron chi connectivity index (χ3n) is 7.56. The summed E-state index contributed by atoms with van der Waals surface area (Å²) < 4.78 is 11.7. The SMILES string of the molecule is CCCCCCCCCCCCCCOc1ccc(CN(C(C)=O)c2cccc(Cc3cccnc3)c2)cc1OC. The summed E-state index contributed by atoms with van der Waals surface area (Å²) in [6.07, 6.45) is 20.3. The Morgan fingerprint density at radius 1 is 0.756 bits per heavy atom. The normalized spacial score (nSPS) is 10.9. The van der Waals surface area contributed by atoms with Crippen molar-refractivity contribution in [2.45, 2.75) is 104 Å². The number of hydrogen-bond donors (Lipinski definition) is 0. The summed E-state index contributed by atoms with van der Waals surface area (Å²) in [5, 5.41) is 0. The fraction of sp³-hybridized carbons (Fsp3) is 0.500. The molecule has 0 fully saturated rings. The number of anilines is 1. The zero-order valence-electron chi connectivity index (χ0n) is 25.6. The molecular formula is C36H50N2O3. The number of methoxy groups -OCH3 is 1. The first-order valence-corrected chi connectivity index (χ1v) is 15.7. The van der Waals surface area contributed by atoms with Gasteiger partial charge in [0.25, 0.3) is 0 Å². The highest BCUT2D eigenvalue weighted by Gasteiger charge is 2.15. The number of carbonyl (C=O) groups is 1. The molecule has 0 saturated carbocycles. The van der Waals surface area contributed by atoms with Gasteiger partial charge < -0.3 is 14.4 Å². The molecule has 5 heteroatoms. The lowest BCUT2D eigenvalue weighted by atomic mass is 10.1. The first-order chi connectivity index (χ1) is 20.1. The average Bonchev–Trinajstić information content (AvgIpc) is 2.99. The van der Waals surface area contributed by atoms with Crippen LogP contribution in [0.2, 0.25) is 0 Å². The molecule has 1 heterocycles. The maximum atomic E-state index is 12.6. The molecule has 1 amide bonds. The zero-order chi connectivity index (χ0) is 29.1. The van der Waals surface area contributed by atoms with Crippen LogP contribution in [-0.4, -0.2) is 24.6 Å². The minimum atomic E-state index is -0.00482. The molecule has 0 bridgehead atoms. The van der Waals surface area contributed by atoms with Crippen molar-refractivity contribution in [2.24, 2.45) is 0 Å². The van der Waals surface area contributed by atoms with Crippen LogP contribution in [0.3, 0.4) is 0 Å². The van der Waals surface area contributed by atoms with Crippen LogP contribution in [0, 0.1) is 0 Å². The van der Waals surface area contributed by atoms with Crippen LogP contribution in [-0.2, 0) is 17.8 Å². The maximum Gasteiger partial charge on any atom is 0.224 e. The van der Waals surface area contributed by atoms with Crippen molar-refractivity contribution in [1.29, 1.82) is 0 Å². The number of unbranched alkanes of at least 4 members (excludes halogenated alkanes) is 11. The predicted molar refractivity (Wildman–Crippen MR) is 170 cm³/mol. The number of ether oxygens (including phenoxy) is 2. The molecule has 1 aromatic heterocycles. The molecule has 0 aliphatic rings. The van der Waals surface area contributed by atoms with E-state index in [4.69, 9.17) is 9.47 Å². The zero-order valence-corrected chi connectivity index (χ0v) is 25.6. The van der Waals surface area contributed by atoms with E-state index in [-0.39, 0.29) is 5.91 Å². The Morgan fingerprint density at radius 2 is 1.44 bits per heavy atom. The minimum absolute atomic E-state index is 0.00482. The highest BCUT2D eigenvalue weighted by molar-refractivity contribution is 5.91. The number of hydrogen-bond acceptors (Lipinski definition) is 4. The van der Waals surface area contributed by atoms with Crippen molar-refractivity contribution in [3.63, 3.8) is 0 Å². The number of nitrogens with zero attached hydrogens (tertiary/aromatic N) is 2. The minimum Gasteiger partial charge on any atom is -0.493 e. The van der Waals surface area contributed by atoms with Crippen LogP contribution in [0.1, 0.15) is 108 Å². The Bertz CT molecular complexity index is 1150. The van der Waals surface area contributed by atoms with E-state index in [9.17, 15) is 4.79 Å². The van der Waals surface area contributed by atoms with Crippen LogP contribution in [0.15, 0.2) is 67.0 Å². The summed E-state index contributed by atoms with van der Waals surface area (Å²) in [5.41, 5.74) is 4.15. The number of benzene rings is 2. The Balaban J connectivity index is 1.44. The van der Waals surface area contributed by atoms with Gasteiger partial charge in [-0.1, -0.05) is 102 Å². The van der Waals surface area contributed by atoms with E-state index in [1.165, 1.54) is 70.6 Å². The van der Waals surface area contributed by atoms with Crippen molar-refractivity contribution in [1.82, 2.24) is 4.98 Å². The number of carbonyl (C=O) groups excluding carboxylic acids is 1. The van der Waals surface area contributed by atoms with Gasteiger partial charge in [0, 0.05) is 25.0 Å². The van der Waals surface area contributed by atoms with Gasteiger partial charge in [0.1, 0.15) is 0 Å². The lowest BCUT2D eigenvalue weighted by Gasteiger charge is -2.23. The van der Waals surface area contributed by atoms with E-state index in [1.54, 1.807) is 25.1 Å². The molecule has 0 aliphatic heterocycles. The molecule has 2 aromatic carbocycles. The first-order valence-electron chi connectivity index (χ1n) is 15.7. The summed E-state index contributed by atoms with van der Waals surface area (Å²) in [4.78, 5) is 18.7. The molecule has 0 atom stereocenters. The fourth-order valence-electron chi connectivity index (χ4n) is 5.19. The number of rotatable bonds is 20. The van der Waals surface area contributed by atoms with E-state index in [1.807, 2.05) is 42.6 Å². The Hall–Kier alpha value is -3.34.